The van der Waals surface area contributed by atoms with Crippen LogP contribution in [0.2, 0.25) is 0 Å². The SMILES string of the molecule is [C-]#[N+][NH-].[CH-]=O.[Y].[Y].[Y].[Y].[Y].[Y].[Y].[Y].[Y].[Y]. The van der Waals surface area contributed by atoms with E-state index in [0.717, 1.165) is 0 Å². The summed E-state index contributed by atoms with van der Waals surface area (Å²) >= 11 is 0. The van der Waals surface area contributed by atoms with Gasteiger partial charge in [0.25, 0.3) is 0 Å². The molecule has 0 fully saturated rings. The minimum atomic E-state index is 0. The summed E-state index contributed by atoms with van der Waals surface area (Å²) in [4.78, 5) is 9.75. The summed E-state index contributed by atoms with van der Waals surface area (Å²) in [6.07, 6.45) is 0. The summed E-state index contributed by atoms with van der Waals surface area (Å²) < 4.78 is 0. The van der Waals surface area contributed by atoms with Gasteiger partial charge in [0.2, 0.25) is 0 Å². The first-order valence-corrected chi connectivity index (χ1v) is 0.683. The van der Waals surface area contributed by atoms with Gasteiger partial charge < -0.3 is 15.6 Å². The normalized spacial score (nSPS) is 0.733. The number of nitrogens with zero attached hydrogens (tertiary/aromatic N) is 1. The van der Waals surface area contributed by atoms with Crippen LogP contribution in [0, 0.1) is 6.57 Å². The molecule has 3 nitrogen and oxygen atoms in total. The monoisotopic (exact) mass is 959 g/mol. The summed E-state index contributed by atoms with van der Waals surface area (Å²) in [5, 5.41) is 0. The summed E-state index contributed by atoms with van der Waals surface area (Å²) in [5.41, 5.74) is 0. The van der Waals surface area contributed by atoms with Crippen LogP contribution in [0.25, 0.3) is 10.8 Å². The summed E-state index contributed by atoms with van der Waals surface area (Å²) in [6.45, 7) is 8.75. The van der Waals surface area contributed by atoms with Gasteiger partial charge in [-0.3, -0.25) is 6.79 Å². The third-order valence-electron chi connectivity index (χ3n) is 0. The molecule has 0 aromatic heterocycles. The molecule has 0 aromatic rings. The van der Waals surface area contributed by atoms with Crippen molar-refractivity contribution in [1.82, 2.24) is 0 Å². The van der Waals surface area contributed by atoms with Crippen LogP contribution in [0.3, 0.4) is 0 Å². The molecule has 0 aliphatic heterocycles. The third-order valence-corrected chi connectivity index (χ3v) is 0. The minimum Gasteiger partial charge on any atom is -0.545 e. The fraction of sp³-hybridized carbons (Fsp3) is 0. The third kappa shape index (κ3) is 116. The molecule has 13 heteroatoms. The number of hydrogen-bond donors (Lipinski definition) is 0. The first-order valence-electron chi connectivity index (χ1n) is 0.683. The number of rotatable bonds is 0. The van der Waals surface area contributed by atoms with Crippen LogP contribution in [-0.2, 0) is 332 Å². The van der Waals surface area contributed by atoms with Crippen molar-refractivity contribution in [2.45, 2.75) is 0 Å². The maximum atomic E-state index is 7.75. The van der Waals surface area contributed by atoms with Crippen molar-refractivity contribution in [3.05, 3.63) is 17.4 Å². The molecule has 58 valence electrons. The van der Waals surface area contributed by atoms with Crippen LogP contribution in [0.4, 0.5) is 0 Å². The molecule has 0 aromatic carbocycles. The van der Waals surface area contributed by atoms with E-state index in [2.05, 4.69) is 6.79 Å². The largest absolute Gasteiger partial charge is 0.545 e. The molecule has 0 spiro atoms. The Bertz CT molecular complexity index is 51.2. The van der Waals surface area contributed by atoms with Gasteiger partial charge in [0.05, 0.1) is 0 Å². The van der Waals surface area contributed by atoms with Crippen LogP contribution in [-0.4, -0.2) is 6.79 Å². The average Bonchev–Trinajstić information content (AvgIpc) is 1.46. The van der Waals surface area contributed by atoms with Crippen molar-refractivity contribution in [1.29, 1.82) is 0 Å². The van der Waals surface area contributed by atoms with E-state index in [1.165, 1.54) is 0 Å². The number of hydrogen-bond acceptors (Lipinski definition) is 1. The molecule has 10 radical (unpaired) electrons. The van der Waals surface area contributed by atoms with E-state index in [4.69, 9.17) is 17.2 Å². The zero-order chi connectivity index (χ0) is 4.71. The van der Waals surface area contributed by atoms with E-state index in [9.17, 15) is 0 Å². The average molecular weight is 959 g/mol. The van der Waals surface area contributed by atoms with Gasteiger partial charge in [-0.1, -0.05) is 0 Å². The quantitative estimate of drug-likeness (QED) is 0.200. The van der Waals surface area contributed by atoms with E-state index in [1.807, 2.05) is 4.95 Å². The predicted molar refractivity (Wildman–Crippen MR) is 17.7 cm³/mol. The molecule has 0 unspecified atom stereocenters. The second kappa shape index (κ2) is 105. The van der Waals surface area contributed by atoms with Crippen LogP contribution >= 0.6 is 0 Å². The Morgan fingerprint density at radius 3 is 0.667 bits per heavy atom. The Kier molecular flexibility index (Phi) is 596. The molecule has 0 bridgehead atoms. The fourth-order valence-corrected chi connectivity index (χ4v) is 0. The van der Waals surface area contributed by atoms with Crippen molar-refractivity contribution in [2.24, 2.45) is 0 Å². The Morgan fingerprint density at radius 2 is 0.667 bits per heavy atom. The van der Waals surface area contributed by atoms with E-state index < -0.39 is 0 Å². The first kappa shape index (κ1) is 85.2. The standard InChI is InChI=1S/CHN2.CHO.10Y/c1-3-2;1-2;;;;;;;;;;/h2H;1H;;;;;;;;;;/q2*-1;;;;;;;;;;. The van der Waals surface area contributed by atoms with Crippen molar-refractivity contribution in [3.63, 3.8) is 0 Å². The Hall–Kier alpha value is 10.00. The van der Waals surface area contributed by atoms with Crippen molar-refractivity contribution >= 4 is 6.79 Å². The molecule has 1 N–H and O–H groups in total. The Balaban J connectivity index is -0.000000000731. The van der Waals surface area contributed by atoms with Crippen molar-refractivity contribution in [2.75, 3.05) is 0 Å². The molecule has 0 heterocycles. The predicted octanol–water partition coefficient (Wildman–Crippen LogP) is 0.574. The second-order valence-electron chi connectivity index (χ2n) is 0.112. The number of nitrogens with one attached hydrogen (secondary N) is 1. The van der Waals surface area contributed by atoms with Crippen LogP contribution in [0.15, 0.2) is 0 Å². The van der Waals surface area contributed by atoms with Gasteiger partial charge in [-0.05, 0) is 0 Å². The van der Waals surface area contributed by atoms with Crippen molar-refractivity contribution in [3.8, 4) is 0 Å². The van der Waals surface area contributed by atoms with Crippen LogP contribution in [0.5, 0.6) is 0 Å². The molecule has 0 amide bonds. The molecule has 0 aliphatic carbocycles. The topological polar surface area (TPSA) is 45.2 Å². The van der Waals surface area contributed by atoms with Gasteiger partial charge in [-0.2, -0.15) is 0 Å². The molecule has 0 saturated carbocycles. The van der Waals surface area contributed by atoms with Gasteiger partial charge in [0.1, 0.15) is 0 Å². The van der Waals surface area contributed by atoms with E-state index in [1.54, 1.807) is 0 Å². The van der Waals surface area contributed by atoms with Gasteiger partial charge in [0, 0.05) is 327 Å². The maximum absolute atomic E-state index is 7.75. The second-order valence-corrected chi connectivity index (χ2v) is 0.112. The molecule has 15 heavy (non-hydrogen) atoms. The minimum absolute atomic E-state index is 0. The van der Waals surface area contributed by atoms with Gasteiger partial charge in [-0.25, -0.2) is 6.57 Å². The molecule has 0 rings (SSSR count). The zero-order valence-electron chi connectivity index (χ0n) is 8.21. The van der Waals surface area contributed by atoms with E-state index in [-0.39, 0.29) is 327 Å². The summed E-state index contributed by atoms with van der Waals surface area (Å²) in [5.74, 6) is 5.50. The van der Waals surface area contributed by atoms with Gasteiger partial charge >= 0.3 is 0 Å². The molecular formula is C2H2N2OY10-2. The summed E-state index contributed by atoms with van der Waals surface area (Å²) in [7, 11) is 0. The molecular weight excluding hydrogens is 957 g/mol. The Labute approximate surface area is 344 Å². The summed E-state index contributed by atoms with van der Waals surface area (Å²) in [6, 6.07) is 0. The van der Waals surface area contributed by atoms with Gasteiger partial charge in [-0.15, -0.1) is 0 Å². The molecule has 0 saturated heterocycles. The first-order chi connectivity index (χ1) is 2.41. The smallest absolute Gasteiger partial charge is 0 e. The van der Waals surface area contributed by atoms with Crippen LogP contribution in [0.1, 0.15) is 0 Å². The van der Waals surface area contributed by atoms with E-state index in [0.29, 0.717) is 0 Å². The molecule has 0 atom stereocenters. The molecule has 0 aliphatic rings. The Morgan fingerprint density at radius 1 is 0.667 bits per heavy atom. The van der Waals surface area contributed by atoms with Crippen LogP contribution < -0.4 is 0 Å². The number of carbonyl (C=O) groups excluding carboxylic acids is 1. The van der Waals surface area contributed by atoms with Crippen molar-refractivity contribution < 1.29 is 332 Å². The van der Waals surface area contributed by atoms with E-state index >= 15 is 0 Å². The fourth-order valence-electron chi connectivity index (χ4n) is 0. The zero-order valence-corrected chi connectivity index (χ0v) is 36.6. The van der Waals surface area contributed by atoms with Gasteiger partial charge in [0.15, 0.2) is 0 Å². The maximum Gasteiger partial charge on any atom is 0 e.